The Kier molecular flexibility index (Phi) is 4.22. The van der Waals surface area contributed by atoms with E-state index in [4.69, 9.17) is 0 Å². The van der Waals surface area contributed by atoms with E-state index in [1.165, 1.54) is 11.8 Å². The van der Waals surface area contributed by atoms with Crippen LogP contribution in [-0.4, -0.2) is 32.8 Å². The molecule has 0 saturated carbocycles. The molecule has 0 fully saturated rings. The molecular weight excluding hydrogens is 291 g/mol. The molecule has 0 spiro atoms. The molecule has 0 aliphatic carbocycles. The summed E-state index contributed by atoms with van der Waals surface area (Å²) < 4.78 is 15.3. The fourth-order valence-electron chi connectivity index (χ4n) is 2.92. The van der Waals surface area contributed by atoms with Crippen LogP contribution >= 0.6 is 0 Å². The number of aryl methyl sites for hydroxylation is 2. The summed E-state index contributed by atoms with van der Waals surface area (Å²) in [5.41, 5.74) is 4.30. The van der Waals surface area contributed by atoms with Crippen molar-refractivity contribution < 1.29 is 4.39 Å². The lowest BCUT2D eigenvalue weighted by molar-refractivity contribution is 0.218. The second-order valence-corrected chi connectivity index (χ2v) is 6.40. The van der Waals surface area contributed by atoms with Gasteiger partial charge in [-0.3, -0.25) is 9.58 Å². The second kappa shape index (κ2) is 6.16. The van der Waals surface area contributed by atoms with Crippen LogP contribution < -0.4 is 0 Å². The molecule has 2 heterocycles. The van der Waals surface area contributed by atoms with Gasteiger partial charge in [-0.15, -0.1) is 0 Å². The highest BCUT2D eigenvalue weighted by Crippen LogP contribution is 2.18. The quantitative estimate of drug-likeness (QED) is 0.780. The molecular formula is C18H23FN4. The minimum absolute atomic E-state index is 0.200. The molecule has 1 unspecified atom stereocenters. The van der Waals surface area contributed by atoms with E-state index in [0.29, 0.717) is 6.04 Å². The Morgan fingerprint density at radius 1 is 1.26 bits per heavy atom. The minimum atomic E-state index is -0.200. The van der Waals surface area contributed by atoms with Crippen molar-refractivity contribution in [2.24, 2.45) is 0 Å². The largest absolute Gasteiger partial charge is 0.357 e. The number of halogens is 1. The first kappa shape index (κ1) is 15.7. The second-order valence-electron chi connectivity index (χ2n) is 6.40. The zero-order valence-electron chi connectivity index (χ0n) is 14.1. The van der Waals surface area contributed by atoms with E-state index in [0.717, 1.165) is 35.4 Å². The number of aromatic nitrogens is 3. The number of hydrogen-bond acceptors (Lipinski definition) is 2. The van der Waals surface area contributed by atoms with Crippen molar-refractivity contribution in [3.63, 3.8) is 0 Å². The molecule has 1 aromatic carbocycles. The normalized spacial score (nSPS) is 13.1. The van der Waals surface area contributed by atoms with Crippen molar-refractivity contribution in [3.05, 3.63) is 53.2 Å². The molecule has 0 bridgehead atoms. The topological polar surface area (TPSA) is 36.9 Å². The molecule has 3 aromatic rings. The number of nitrogens with zero attached hydrogens (tertiary/aromatic N) is 3. The van der Waals surface area contributed by atoms with Gasteiger partial charge in [-0.1, -0.05) is 0 Å². The first-order valence-electron chi connectivity index (χ1n) is 7.91. The summed E-state index contributed by atoms with van der Waals surface area (Å²) in [6, 6.07) is 9.29. The van der Waals surface area contributed by atoms with Gasteiger partial charge < -0.3 is 4.98 Å². The van der Waals surface area contributed by atoms with Gasteiger partial charge in [0.25, 0.3) is 0 Å². The molecule has 0 radical (unpaired) electrons. The molecule has 3 rings (SSSR count). The van der Waals surface area contributed by atoms with Crippen LogP contribution in [-0.2, 0) is 13.1 Å². The van der Waals surface area contributed by atoms with Crippen molar-refractivity contribution in [2.45, 2.75) is 39.9 Å². The van der Waals surface area contributed by atoms with Crippen LogP contribution in [0.2, 0.25) is 0 Å². The van der Waals surface area contributed by atoms with Gasteiger partial charge in [0.15, 0.2) is 0 Å². The van der Waals surface area contributed by atoms with Crippen molar-refractivity contribution in [3.8, 4) is 0 Å². The van der Waals surface area contributed by atoms with Gasteiger partial charge in [-0.05, 0) is 58.2 Å². The molecule has 122 valence electrons. The Morgan fingerprint density at radius 3 is 2.74 bits per heavy atom. The molecule has 1 atom stereocenters. The Labute approximate surface area is 135 Å². The summed E-state index contributed by atoms with van der Waals surface area (Å²) in [6.07, 6.45) is 0. The summed E-state index contributed by atoms with van der Waals surface area (Å²) in [6.45, 7) is 7.93. The minimum Gasteiger partial charge on any atom is -0.357 e. The standard InChI is InChI=1S/C18H23FN4/c1-12-7-13(2)23(21-12)10-14(3)22(4)11-17-9-15-8-16(19)5-6-18(15)20-17/h5-9,14,20H,10-11H2,1-4H3. The van der Waals surface area contributed by atoms with Gasteiger partial charge >= 0.3 is 0 Å². The predicted molar refractivity (Wildman–Crippen MR) is 90.9 cm³/mol. The average Bonchev–Trinajstić information content (AvgIpc) is 3.00. The van der Waals surface area contributed by atoms with E-state index < -0.39 is 0 Å². The van der Waals surface area contributed by atoms with E-state index in [9.17, 15) is 4.39 Å². The molecule has 0 aliphatic rings. The lowest BCUT2D eigenvalue weighted by atomic mass is 10.2. The van der Waals surface area contributed by atoms with Crippen LogP contribution in [0, 0.1) is 19.7 Å². The molecule has 1 N–H and O–H groups in total. The number of nitrogens with one attached hydrogen (secondary N) is 1. The summed E-state index contributed by atoms with van der Waals surface area (Å²) in [5.74, 6) is -0.200. The third-order valence-electron chi connectivity index (χ3n) is 4.35. The molecule has 4 nitrogen and oxygen atoms in total. The van der Waals surface area contributed by atoms with Crippen LogP contribution in [0.5, 0.6) is 0 Å². The highest BCUT2D eigenvalue weighted by atomic mass is 19.1. The third-order valence-corrected chi connectivity index (χ3v) is 4.35. The number of rotatable bonds is 5. The number of hydrogen-bond donors (Lipinski definition) is 1. The third kappa shape index (κ3) is 3.45. The zero-order chi connectivity index (χ0) is 16.6. The Morgan fingerprint density at radius 2 is 2.04 bits per heavy atom. The molecule has 5 heteroatoms. The summed E-state index contributed by atoms with van der Waals surface area (Å²) in [4.78, 5) is 5.63. The van der Waals surface area contributed by atoms with Crippen molar-refractivity contribution >= 4 is 10.9 Å². The van der Waals surface area contributed by atoms with Gasteiger partial charge in [-0.25, -0.2) is 4.39 Å². The first-order valence-corrected chi connectivity index (χ1v) is 7.91. The van der Waals surface area contributed by atoms with Crippen LogP contribution in [0.3, 0.4) is 0 Å². The lowest BCUT2D eigenvalue weighted by Crippen LogP contribution is -2.33. The first-order chi connectivity index (χ1) is 10.9. The lowest BCUT2D eigenvalue weighted by Gasteiger charge is -2.24. The number of H-pyrrole nitrogens is 1. The number of likely N-dealkylation sites (N-methyl/N-ethyl adjacent to an activating group) is 1. The fraction of sp³-hybridized carbons (Fsp3) is 0.389. The highest BCUT2D eigenvalue weighted by Gasteiger charge is 2.13. The summed E-state index contributed by atoms with van der Waals surface area (Å²) in [7, 11) is 2.10. The maximum absolute atomic E-state index is 13.3. The maximum Gasteiger partial charge on any atom is 0.123 e. The monoisotopic (exact) mass is 314 g/mol. The Bertz CT molecular complexity index is 818. The average molecular weight is 314 g/mol. The summed E-state index contributed by atoms with van der Waals surface area (Å²) >= 11 is 0. The molecule has 0 saturated heterocycles. The number of benzene rings is 1. The zero-order valence-corrected chi connectivity index (χ0v) is 14.1. The predicted octanol–water partition coefficient (Wildman–Crippen LogP) is 3.64. The van der Waals surface area contributed by atoms with E-state index in [-0.39, 0.29) is 5.82 Å². The molecule has 2 aromatic heterocycles. The van der Waals surface area contributed by atoms with Crippen LogP contribution in [0.25, 0.3) is 10.9 Å². The van der Waals surface area contributed by atoms with E-state index >= 15 is 0 Å². The molecule has 0 aliphatic heterocycles. The SMILES string of the molecule is Cc1cc(C)n(CC(C)N(C)Cc2cc3cc(F)ccc3[nH]2)n1. The Hall–Kier alpha value is -2.14. The van der Waals surface area contributed by atoms with Gasteiger partial charge in [0, 0.05) is 34.9 Å². The molecule has 0 amide bonds. The van der Waals surface area contributed by atoms with Crippen LogP contribution in [0.1, 0.15) is 24.0 Å². The van der Waals surface area contributed by atoms with E-state index in [2.05, 4.69) is 46.6 Å². The number of fused-ring (bicyclic) bond motifs is 1. The maximum atomic E-state index is 13.3. The van der Waals surface area contributed by atoms with Crippen molar-refractivity contribution in [1.29, 1.82) is 0 Å². The highest BCUT2D eigenvalue weighted by molar-refractivity contribution is 5.80. The number of aromatic amines is 1. The van der Waals surface area contributed by atoms with Gasteiger partial charge in [0.05, 0.1) is 12.2 Å². The smallest absolute Gasteiger partial charge is 0.123 e. The fourth-order valence-corrected chi connectivity index (χ4v) is 2.92. The van der Waals surface area contributed by atoms with Crippen molar-refractivity contribution in [2.75, 3.05) is 7.05 Å². The van der Waals surface area contributed by atoms with Crippen LogP contribution in [0.4, 0.5) is 4.39 Å². The van der Waals surface area contributed by atoms with Gasteiger partial charge in [0.2, 0.25) is 0 Å². The summed E-state index contributed by atoms with van der Waals surface area (Å²) in [5, 5.41) is 5.44. The van der Waals surface area contributed by atoms with E-state index in [1.807, 2.05) is 13.0 Å². The van der Waals surface area contributed by atoms with Gasteiger partial charge in [0.1, 0.15) is 5.82 Å². The van der Waals surface area contributed by atoms with Crippen LogP contribution in [0.15, 0.2) is 30.3 Å². The van der Waals surface area contributed by atoms with E-state index in [1.54, 1.807) is 12.1 Å². The molecule has 23 heavy (non-hydrogen) atoms. The Balaban J connectivity index is 1.69. The van der Waals surface area contributed by atoms with Crippen molar-refractivity contribution in [1.82, 2.24) is 19.7 Å². The van der Waals surface area contributed by atoms with Gasteiger partial charge in [-0.2, -0.15) is 5.10 Å².